The van der Waals surface area contributed by atoms with Crippen LogP contribution in [0.2, 0.25) is 0 Å². The SMILES string of the molecule is COC(=O)C1CCN(c2nc3ccccc3nc2[C@@H](C#N)C(=O)NCCc2ccccc2)CC1. The molecule has 1 aliphatic rings. The summed E-state index contributed by atoms with van der Waals surface area (Å²) in [5.74, 6) is -1.34. The van der Waals surface area contributed by atoms with E-state index in [4.69, 9.17) is 14.7 Å². The molecular formula is C26H27N5O3. The number of nitrogens with one attached hydrogen (secondary N) is 1. The molecule has 0 unspecified atom stereocenters. The first-order valence-corrected chi connectivity index (χ1v) is 11.4. The van der Waals surface area contributed by atoms with E-state index in [9.17, 15) is 14.9 Å². The standard InChI is InChI=1S/C26H27N5O3/c1-34-26(33)19-12-15-31(16-13-19)24-23(29-21-9-5-6-10-22(21)30-24)20(17-27)25(32)28-14-11-18-7-3-2-4-8-18/h2-10,19-20H,11-16H2,1H3,(H,28,32)/t20-/m1/s1. The first-order valence-electron chi connectivity index (χ1n) is 11.4. The van der Waals surface area contributed by atoms with Gasteiger partial charge in [-0.1, -0.05) is 42.5 Å². The summed E-state index contributed by atoms with van der Waals surface area (Å²) in [4.78, 5) is 36.5. The largest absolute Gasteiger partial charge is 0.469 e. The van der Waals surface area contributed by atoms with Crippen LogP contribution >= 0.6 is 0 Å². The molecule has 34 heavy (non-hydrogen) atoms. The Balaban J connectivity index is 1.57. The average Bonchev–Trinajstić information content (AvgIpc) is 2.89. The fraction of sp³-hybridized carbons (Fsp3) is 0.346. The lowest BCUT2D eigenvalue weighted by Crippen LogP contribution is -2.39. The average molecular weight is 458 g/mol. The lowest BCUT2D eigenvalue weighted by molar-refractivity contribution is -0.146. The van der Waals surface area contributed by atoms with Gasteiger partial charge in [-0.2, -0.15) is 5.26 Å². The first-order chi connectivity index (χ1) is 16.6. The maximum Gasteiger partial charge on any atom is 0.308 e. The summed E-state index contributed by atoms with van der Waals surface area (Å²) in [5, 5.41) is 12.8. The highest BCUT2D eigenvalue weighted by atomic mass is 16.5. The van der Waals surface area contributed by atoms with Crippen molar-refractivity contribution < 1.29 is 14.3 Å². The lowest BCUT2D eigenvalue weighted by atomic mass is 9.96. The number of piperidine rings is 1. The summed E-state index contributed by atoms with van der Waals surface area (Å²) < 4.78 is 4.89. The number of carbonyl (C=O) groups is 2. The number of hydrogen-bond donors (Lipinski definition) is 1. The second-order valence-electron chi connectivity index (χ2n) is 8.29. The Bertz CT molecular complexity index is 1200. The van der Waals surface area contributed by atoms with E-state index in [0.717, 1.165) is 5.56 Å². The Kier molecular flexibility index (Phi) is 7.33. The van der Waals surface area contributed by atoms with E-state index in [2.05, 4.69) is 11.4 Å². The molecule has 1 N–H and O–H groups in total. The van der Waals surface area contributed by atoms with Crippen molar-refractivity contribution in [3.05, 3.63) is 65.9 Å². The van der Waals surface area contributed by atoms with Gasteiger partial charge in [-0.25, -0.2) is 9.97 Å². The Labute approximate surface area is 198 Å². The van der Waals surface area contributed by atoms with Crippen LogP contribution in [0.25, 0.3) is 11.0 Å². The molecule has 3 aromatic rings. The molecule has 1 atom stereocenters. The van der Waals surface area contributed by atoms with E-state index in [1.165, 1.54) is 7.11 Å². The fourth-order valence-electron chi connectivity index (χ4n) is 4.25. The number of methoxy groups -OCH3 is 1. The molecule has 4 rings (SSSR count). The van der Waals surface area contributed by atoms with Gasteiger partial charge < -0.3 is 15.0 Å². The number of ether oxygens (including phenoxy) is 1. The second kappa shape index (κ2) is 10.8. The summed E-state index contributed by atoms with van der Waals surface area (Å²) >= 11 is 0. The van der Waals surface area contributed by atoms with Crippen LogP contribution < -0.4 is 10.2 Å². The van der Waals surface area contributed by atoms with Crippen LogP contribution in [0.3, 0.4) is 0 Å². The minimum atomic E-state index is -1.10. The second-order valence-corrected chi connectivity index (χ2v) is 8.29. The van der Waals surface area contributed by atoms with Crippen molar-refractivity contribution in [2.45, 2.75) is 25.2 Å². The molecule has 8 heteroatoms. The third-order valence-corrected chi connectivity index (χ3v) is 6.13. The smallest absolute Gasteiger partial charge is 0.308 e. The summed E-state index contributed by atoms with van der Waals surface area (Å²) in [6.45, 7) is 1.54. The van der Waals surface area contributed by atoms with Crippen LogP contribution in [0, 0.1) is 17.2 Å². The van der Waals surface area contributed by atoms with Crippen molar-refractivity contribution in [1.82, 2.24) is 15.3 Å². The monoisotopic (exact) mass is 457 g/mol. The van der Waals surface area contributed by atoms with Crippen molar-refractivity contribution in [2.24, 2.45) is 5.92 Å². The molecule has 1 saturated heterocycles. The van der Waals surface area contributed by atoms with E-state index in [1.54, 1.807) is 0 Å². The lowest BCUT2D eigenvalue weighted by Gasteiger charge is -2.33. The topological polar surface area (TPSA) is 108 Å². The quantitative estimate of drug-likeness (QED) is 0.543. The Morgan fingerprint density at radius 1 is 1.09 bits per heavy atom. The van der Waals surface area contributed by atoms with Crippen molar-refractivity contribution in [1.29, 1.82) is 5.26 Å². The van der Waals surface area contributed by atoms with Gasteiger partial charge in [-0.3, -0.25) is 9.59 Å². The molecule has 0 aliphatic carbocycles. The molecule has 0 radical (unpaired) electrons. The van der Waals surface area contributed by atoms with Gasteiger partial charge >= 0.3 is 5.97 Å². The number of para-hydroxylation sites is 2. The molecular weight excluding hydrogens is 430 g/mol. The fourth-order valence-corrected chi connectivity index (χ4v) is 4.25. The summed E-state index contributed by atoms with van der Waals surface area (Å²) in [7, 11) is 1.40. The van der Waals surface area contributed by atoms with Gasteiger partial charge in [-0.15, -0.1) is 0 Å². The van der Waals surface area contributed by atoms with Crippen molar-refractivity contribution in [3.8, 4) is 6.07 Å². The minimum absolute atomic E-state index is 0.161. The molecule has 1 amide bonds. The van der Waals surface area contributed by atoms with Crippen molar-refractivity contribution in [2.75, 3.05) is 31.6 Å². The molecule has 1 fully saturated rings. The van der Waals surface area contributed by atoms with E-state index in [-0.39, 0.29) is 11.9 Å². The minimum Gasteiger partial charge on any atom is -0.469 e. The molecule has 174 valence electrons. The number of aromatic nitrogens is 2. The Morgan fingerprint density at radius 2 is 1.74 bits per heavy atom. The molecule has 1 aliphatic heterocycles. The van der Waals surface area contributed by atoms with Crippen molar-refractivity contribution in [3.63, 3.8) is 0 Å². The first kappa shape index (κ1) is 23.2. The van der Waals surface area contributed by atoms with Gasteiger partial charge in [0.25, 0.3) is 0 Å². The Morgan fingerprint density at radius 3 is 2.38 bits per heavy atom. The molecule has 2 aromatic carbocycles. The molecule has 0 saturated carbocycles. The highest BCUT2D eigenvalue weighted by Crippen LogP contribution is 2.30. The van der Waals surface area contributed by atoms with Gasteiger partial charge in [0.1, 0.15) is 5.69 Å². The maximum absolute atomic E-state index is 13.0. The van der Waals surface area contributed by atoms with Crippen LogP contribution in [0.4, 0.5) is 5.82 Å². The predicted octanol–water partition coefficient (Wildman–Crippen LogP) is 2.99. The van der Waals surface area contributed by atoms with Crippen LogP contribution in [0.15, 0.2) is 54.6 Å². The summed E-state index contributed by atoms with van der Waals surface area (Å²) in [5.41, 5.74) is 2.77. The number of amides is 1. The number of rotatable bonds is 7. The zero-order valence-electron chi connectivity index (χ0n) is 19.1. The molecule has 2 heterocycles. The molecule has 0 spiro atoms. The molecule has 0 bridgehead atoms. The zero-order chi connectivity index (χ0) is 23.9. The highest BCUT2D eigenvalue weighted by Gasteiger charge is 2.32. The Hall–Kier alpha value is -3.99. The van der Waals surface area contributed by atoms with Crippen LogP contribution in [-0.4, -0.2) is 48.6 Å². The number of nitrogens with zero attached hydrogens (tertiary/aromatic N) is 4. The van der Waals surface area contributed by atoms with Crippen molar-refractivity contribution >= 4 is 28.7 Å². The maximum atomic E-state index is 13.0. The van der Waals surface area contributed by atoms with Crippen LogP contribution in [-0.2, 0) is 20.7 Å². The van der Waals surface area contributed by atoms with Gasteiger partial charge in [0.05, 0.1) is 30.1 Å². The summed E-state index contributed by atoms with van der Waals surface area (Å²) in [6.07, 6.45) is 1.89. The number of fused-ring (bicyclic) bond motifs is 1. The van der Waals surface area contributed by atoms with Gasteiger partial charge in [0.15, 0.2) is 11.7 Å². The van der Waals surface area contributed by atoms with E-state index in [1.807, 2.05) is 59.5 Å². The van der Waals surface area contributed by atoms with E-state index < -0.39 is 11.8 Å². The van der Waals surface area contributed by atoms with Gasteiger partial charge in [-0.05, 0) is 37.0 Å². The number of hydrogen-bond acceptors (Lipinski definition) is 7. The number of anilines is 1. The highest BCUT2D eigenvalue weighted by molar-refractivity contribution is 5.89. The van der Waals surface area contributed by atoms with Gasteiger partial charge in [0, 0.05) is 19.6 Å². The molecule has 1 aromatic heterocycles. The molecule has 8 nitrogen and oxygen atoms in total. The van der Waals surface area contributed by atoms with E-state index in [0.29, 0.717) is 61.4 Å². The normalized spacial score (nSPS) is 14.9. The predicted molar refractivity (Wildman–Crippen MR) is 128 cm³/mol. The zero-order valence-corrected chi connectivity index (χ0v) is 19.1. The third kappa shape index (κ3) is 5.15. The number of nitriles is 1. The summed E-state index contributed by atoms with van der Waals surface area (Å²) in [6, 6.07) is 19.4. The van der Waals surface area contributed by atoms with Crippen LogP contribution in [0.5, 0.6) is 0 Å². The number of benzene rings is 2. The number of esters is 1. The van der Waals surface area contributed by atoms with E-state index >= 15 is 0 Å². The number of carbonyl (C=O) groups excluding carboxylic acids is 2. The van der Waals surface area contributed by atoms with Crippen LogP contribution in [0.1, 0.15) is 30.0 Å². The van der Waals surface area contributed by atoms with Gasteiger partial charge in [0.2, 0.25) is 5.91 Å². The third-order valence-electron chi connectivity index (χ3n) is 6.13.